The molecule has 12 aliphatic rings. The predicted octanol–water partition coefficient (Wildman–Crippen LogP) is -26.9. The Morgan fingerprint density at radius 3 is 0.741 bits per heavy atom. The van der Waals surface area contributed by atoms with Crippen LogP contribution in [0.2, 0.25) is 0 Å². The number of carbonyl (C=O) groups is 2. The molecule has 12 heterocycles. The van der Waals surface area contributed by atoms with Gasteiger partial charge in [0, 0.05) is 13.8 Å². The summed E-state index contributed by atoms with van der Waals surface area (Å²) in [4.78, 5) is 25.6. The second-order valence-corrected chi connectivity index (χ2v) is 35.2. The second kappa shape index (κ2) is 49.8. The van der Waals surface area contributed by atoms with E-state index in [4.69, 9.17) is 109 Å². The number of aliphatic hydroxyl groups is 36. The van der Waals surface area contributed by atoms with Crippen molar-refractivity contribution in [3.63, 3.8) is 0 Å². The SMILES string of the molecule is CC(=O)N[C@@H]1[C@@H](O)[C@H](O[C@@H]2O[C@H](CO)[C@@H](O[C@@H]3O[C@H](CO[C@H]4O[C@H](CO[C@H]5O[C@H](CO)[C@@H](O)[C@H](O)[C@@H]5O[C@H]5O[C@H](CO)[C@@H](O)[C@H](O)[C@@H]5O)[C@@H](O)[C@H](O[C@H]5O[C@H](CO)[C@@H](O)[C@H](O)[C@@H]5O)[C@@H]4O)[C@@H](O)[C@H](O[C@H]4O[C@H](CO[C@H]5O[C@H](CO)[C@@H](O)[C@H](O)[C@@H]5O[C@H]5O[C@H](CO)[C@@H](O)[C@H](O)[C@@H]5O)[C@@H](O)[C@H](O)[C@@H]4O[C@H]4O[C@H](CO)[C@@H](O)[C@H](O)[C@@H]4O[C@H]4O[C@H](CO)[C@@H](O)[C@H](O)[C@H]4O)[C@@H]3O)[C@H](O)[C@H]2NC(C)=O)[C@@H](CO)O[C@H]1O. The van der Waals surface area contributed by atoms with E-state index in [1.54, 1.807) is 0 Å². The number of ether oxygens (including phenoxy) is 23. The highest BCUT2D eigenvalue weighted by Crippen LogP contribution is 2.42. The number of rotatable bonds is 36. The van der Waals surface area contributed by atoms with Gasteiger partial charge in [-0.25, -0.2) is 0 Å². The van der Waals surface area contributed by atoms with Crippen molar-refractivity contribution >= 4 is 11.8 Å². The molecule has 0 aliphatic carbocycles. The molecule has 139 heavy (non-hydrogen) atoms. The second-order valence-electron chi connectivity index (χ2n) is 35.2. The topological polar surface area (TPSA) is 999 Å². The molecule has 38 N–H and O–H groups in total. The van der Waals surface area contributed by atoms with Gasteiger partial charge < -0.3 is 303 Å². The summed E-state index contributed by atoms with van der Waals surface area (Å²) in [5.74, 6) is -1.88. The highest BCUT2D eigenvalue weighted by molar-refractivity contribution is 5.73. The Morgan fingerprint density at radius 1 is 0.187 bits per heavy atom. The van der Waals surface area contributed by atoms with Gasteiger partial charge in [-0.15, -0.1) is 0 Å². The van der Waals surface area contributed by atoms with Gasteiger partial charge in [-0.2, -0.15) is 0 Å². The van der Waals surface area contributed by atoms with Crippen LogP contribution in [0.4, 0.5) is 0 Å². The zero-order valence-corrected chi connectivity index (χ0v) is 73.4. The maximum absolute atomic E-state index is 13.3. The Balaban J connectivity index is 0.928. The van der Waals surface area contributed by atoms with Gasteiger partial charge in [0.15, 0.2) is 75.5 Å². The summed E-state index contributed by atoms with van der Waals surface area (Å²) in [7, 11) is 0. The number of carbonyl (C=O) groups excluding carboxylic acids is 2. The molecule has 12 aliphatic heterocycles. The van der Waals surface area contributed by atoms with Gasteiger partial charge in [-0.1, -0.05) is 0 Å². The summed E-state index contributed by atoms with van der Waals surface area (Å²) in [6.45, 7) is -12.3. The number of nitrogens with one attached hydrogen (secondary N) is 2. The van der Waals surface area contributed by atoms with Crippen molar-refractivity contribution in [1.29, 1.82) is 0 Å². The zero-order valence-electron chi connectivity index (χ0n) is 73.4. The van der Waals surface area contributed by atoms with Gasteiger partial charge in [0.1, 0.15) is 293 Å². The van der Waals surface area contributed by atoms with Crippen LogP contribution in [0.25, 0.3) is 0 Å². The molecule has 2 amide bonds. The number of aliphatic hydroxyl groups excluding tert-OH is 36. The lowest BCUT2D eigenvalue weighted by molar-refractivity contribution is -0.410. The molecule has 808 valence electrons. The molecule has 0 unspecified atom stereocenters. The molecule has 12 rings (SSSR count). The van der Waals surface area contributed by atoms with Crippen LogP contribution in [-0.2, 0) is 119 Å². The Hall–Kier alpha value is -3.42. The summed E-state index contributed by atoms with van der Waals surface area (Å²) in [6.07, 6.45) is -130. The molecule has 63 heteroatoms. The van der Waals surface area contributed by atoms with Crippen LogP contribution in [0.3, 0.4) is 0 Å². The third kappa shape index (κ3) is 24.7. The van der Waals surface area contributed by atoms with E-state index < -0.39 is 459 Å². The van der Waals surface area contributed by atoms with E-state index in [9.17, 15) is 193 Å². The lowest BCUT2D eigenvalue weighted by Gasteiger charge is -2.51. The molecule has 0 aromatic heterocycles. The van der Waals surface area contributed by atoms with E-state index in [2.05, 4.69) is 10.6 Å². The van der Waals surface area contributed by atoms with Crippen molar-refractivity contribution in [2.24, 2.45) is 0 Å². The summed E-state index contributed by atoms with van der Waals surface area (Å²) in [6, 6.07) is -3.80. The molecule has 12 fully saturated rings. The van der Waals surface area contributed by atoms with E-state index >= 15 is 0 Å². The van der Waals surface area contributed by atoms with E-state index in [0.29, 0.717) is 0 Å². The molecule has 12 saturated heterocycles. The molecule has 0 bridgehead atoms. The van der Waals surface area contributed by atoms with Crippen molar-refractivity contribution in [3.05, 3.63) is 0 Å². The Bertz CT molecular complexity index is 3720. The Morgan fingerprint density at radius 2 is 0.396 bits per heavy atom. The van der Waals surface area contributed by atoms with Crippen LogP contribution >= 0.6 is 0 Å². The minimum absolute atomic E-state index is 0.848. The van der Waals surface area contributed by atoms with E-state index in [1.165, 1.54) is 0 Å². The molecule has 60 atom stereocenters. The highest BCUT2D eigenvalue weighted by Gasteiger charge is 2.63. The van der Waals surface area contributed by atoms with Crippen LogP contribution in [0.5, 0.6) is 0 Å². The fraction of sp³-hybridized carbons (Fsp3) is 0.974. The molecule has 0 aromatic rings. The summed E-state index contributed by atoms with van der Waals surface area (Å²) >= 11 is 0. The van der Waals surface area contributed by atoms with Crippen molar-refractivity contribution in [2.75, 3.05) is 79.3 Å². The van der Waals surface area contributed by atoms with Gasteiger partial charge in [0.05, 0.1) is 79.3 Å². The molecular formula is C76H128N2O61. The fourth-order valence-electron chi connectivity index (χ4n) is 17.8. The monoisotopic (exact) mass is 2040 g/mol. The number of hydrogen-bond acceptors (Lipinski definition) is 61. The van der Waals surface area contributed by atoms with Crippen molar-refractivity contribution < 1.29 is 302 Å². The maximum Gasteiger partial charge on any atom is 0.217 e. The Kier molecular flexibility index (Phi) is 41.0. The summed E-state index contributed by atoms with van der Waals surface area (Å²) < 4.78 is 136. The van der Waals surface area contributed by atoms with Gasteiger partial charge in [0.2, 0.25) is 11.8 Å². The standard InChI is InChI=1S/C76H128N2O61/c1-15(88)77-29-41(100)57(24(10-86)120-65(29)116)132-66-30(78-16(2)89)42(101)58(25(11-87)128-66)133-72-56(115)60(40(99)28(130-72)13-117-67-55(114)59(134-68-51(110)43(102)31(90)17(3-79)121-68)39(98)27(129-67)14-119-74-62(48(107)36(95)22(8-84)126-74)137-70-53(112)45(104)33(92)19(5-81)123-70)135-76-64(139-75-63(49(108)37(96)23(9-85)127-75)138-71-54(113)46(105)34(93)20(6-82)124-71)50(109)38(97)26(131-76)12-118-73-61(47(106)35(94)21(7-83)125-73)136-69-52(111)44(103)32(91)18(4-80)122-69/h17-76,79-87,90-116H,3-14H2,1-2H3,(H,77,88)(H,78,89)/t17-,18-,19-,20-,21-,22-,23-,24-,25-,26-,27-,28-,29-,30-,31-,32-,33-,34-,35-,36-,37-,38-,39-,40-,41-,42-,43+,44+,45+,46+,47+,48+,49+,50+,51+,52+,53+,54-,55+,56+,57-,58-,59+,60+,61+,62+,63+,64+,65-,66+,67+,68-,69-,70-,71-,72+,73+,74+,75-,76-/m1/s1. The van der Waals surface area contributed by atoms with Crippen molar-refractivity contribution in [2.45, 2.75) is 382 Å². The van der Waals surface area contributed by atoms with Crippen LogP contribution in [0, 0.1) is 0 Å². The molecule has 63 nitrogen and oxygen atoms in total. The quantitative estimate of drug-likeness (QED) is 0.0277. The van der Waals surface area contributed by atoms with Crippen LogP contribution in [0.1, 0.15) is 13.8 Å². The largest absolute Gasteiger partial charge is 0.394 e. The van der Waals surface area contributed by atoms with Crippen molar-refractivity contribution in [1.82, 2.24) is 10.6 Å². The van der Waals surface area contributed by atoms with Crippen LogP contribution < -0.4 is 10.6 Å². The van der Waals surface area contributed by atoms with Gasteiger partial charge in [0.25, 0.3) is 0 Å². The summed E-state index contributed by atoms with van der Waals surface area (Å²) in [5, 5.41) is 408. The normalized spacial score (nSPS) is 51.9. The maximum atomic E-state index is 13.3. The van der Waals surface area contributed by atoms with E-state index in [0.717, 1.165) is 13.8 Å². The third-order valence-corrected chi connectivity index (χ3v) is 25.9. The first-order chi connectivity index (χ1) is 65.8. The molecule has 0 saturated carbocycles. The smallest absolute Gasteiger partial charge is 0.217 e. The zero-order chi connectivity index (χ0) is 102. The van der Waals surface area contributed by atoms with Crippen LogP contribution in [0.15, 0.2) is 0 Å². The number of amides is 2. The average Bonchev–Trinajstić information content (AvgIpc) is 0.754. The first-order valence-corrected chi connectivity index (χ1v) is 44.2. The number of hydrogen-bond donors (Lipinski definition) is 38. The first-order valence-electron chi connectivity index (χ1n) is 44.2. The highest BCUT2D eigenvalue weighted by atomic mass is 16.8. The summed E-state index contributed by atoms with van der Waals surface area (Å²) in [5.41, 5.74) is 0. The minimum Gasteiger partial charge on any atom is -0.394 e. The van der Waals surface area contributed by atoms with E-state index in [-0.39, 0.29) is 0 Å². The lowest BCUT2D eigenvalue weighted by atomic mass is 9.94. The average molecular weight is 2050 g/mol. The fourth-order valence-corrected chi connectivity index (χ4v) is 17.8. The molecule has 0 spiro atoms. The van der Waals surface area contributed by atoms with Crippen molar-refractivity contribution in [3.8, 4) is 0 Å². The third-order valence-electron chi connectivity index (χ3n) is 25.9. The Labute approximate surface area is 784 Å². The van der Waals surface area contributed by atoms with E-state index in [1.807, 2.05) is 0 Å². The minimum atomic E-state index is -2.82. The molecule has 0 radical (unpaired) electrons. The van der Waals surface area contributed by atoms with Gasteiger partial charge >= 0.3 is 0 Å². The first kappa shape index (κ1) is 114. The lowest BCUT2D eigenvalue weighted by Crippen LogP contribution is -2.70. The molecular weight excluding hydrogens is 1920 g/mol. The predicted molar refractivity (Wildman–Crippen MR) is 418 cm³/mol. The van der Waals surface area contributed by atoms with Gasteiger partial charge in [-0.05, 0) is 0 Å². The van der Waals surface area contributed by atoms with Gasteiger partial charge in [-0.3, -0.25) is 9.59 Å². The van der Waals surface area contributed by atoms with Crippen LogP contribution in [-0.4, -0.2) is 643 Å². The molecule has 0 aromatic carbocycles.